The summed E-state index contributed by atoms with van der Waals surface area (Å²) in [5, 5.41) is 2.88. The van der Waals surface area contributed by atoms with Crippen LogP contribution in [0.5, 0.6) is 0 Å². The topological polar surface area (TPSA) is 25.2 Å². The van der Waals surface area contributed by atoms with Gasteiger partial charge in [0.15, 0.2) is 0 Å². The van der Waals surface area contributed by atoms with E-state index in [0.29, 0.717) is 11.8 Å². The molecule has 2 aliphatic rings. The van der Waals surface area contributed by atoms with Gasteiger partial charge in [0, 0.05) is 59.3 Å². The van der Waals surface area contributed by atoms with E-state index in [0.717, 1.165) is 36.8 Å². The number of benzene rings is 1. The van der Waals surface area contributed by atoms with Crippen LogP contribution in [0, 0.1) is 5.92 Å². The average Bonchev–Trinajstić information content (AvgIpc) is 3.16. The predicted molar refractivity (Wildman–Crippen MR) is 112 cm³/mol. The van der Waals surface area contributed by atoms with Crippen molar-refractivity contribution < 1.29 is 0 Å². The van der Waals surface area contributed by atoms with Gasteiger partial charge >= 0.3 is 0 Å². The van der Waals surface area contributed by atoms with Crippen LogP contribution in [-0.4, -0.2) is 22.6 Å². The first-order valence-corrected chi connectivity index (χ1v) is 10.7. The Morgan fingerprint density at radius 1 is 1.04 bits per heavy atom. The van der Waals surface area contributed by atoms with E-state index in [1.54, 1.807) is 6.07 Å². The smallest absolute Gasteiger partial charge is 0.250 e. The molecule has 0 N–H and O–H groups in total. The van der Waals surface area contributed by atoms with Gasteiger partial charge in [-0.25, -0.2) is 0 Å². The Morgan fingerprint density at radius 2 is 1.89 bits per heavy atom. The van der Waals surface area contributed by atoms with Crippen molar-refractivity contribution in [2.24, 2.45) is 5.92 Å². The molecule has 5 rings (SSSR count). The van der Waals surface area contributed by atoms with Crippen LogP contribution in [-0.2, 0) is 13.1 Å². The summed E-state index contributed by atoms with van der Waals surface area (Å²) in [6, 6.07) is 16.0. The van der Waals surface area contributed by atoms with Crippen molar-refractivity contribution in [1.29, 1.82) is 0 Å². The molecule has 0 saturated carbocycles. The highest BCUT2D eigenvalue weighted by Crippen LogP contribution is 2.40. The summed E-state index contributed by atoms with van der Waals surface area (Å²) >= 11 is 7.90. The predicted octanol–water partition coefficient (Wildman–Crippen LogP) is 4.85. The molecule has 3 nitrogen and oxygen atoms in total. The maximum atomic E-state index is 12.6. The van der Waals surface area contributed by atoms with E-state index in [9.17, 15) is 4.79 Å². The molecule has 3 aromatic rings. The number of aromatic nitrogens is 1. The molecule has 2 bridgehead atoms. The van der Waals surface area contributed by atoms with E-state index in [4.69, 9.17) is 11.6 Å². The molecule has 4 heterocycles. The first kappa shape index (κ1) is 17.2. The quantitative estimate of drug-likeness (QED) is 0.632. The van der Waals surface area contributed by atoms with E-state index in [1.165, 1.54) is 22.6 Å². The lowest BCUT2D eigenvalue weighted by atomic mass is 9.80. The Bertz CT molecular complexity index is 1010. The standard InChI is InChI=1S/C22H21ClN2OS/c23-18-5-3-16(4-6-18)20-7-8-21(26)25-12-15-10-17(22(20)25)13-24(11-15)14-19-2-1-9-27-19/h1-9,15,17H,10-14H2/t15-,17+/m0/s1. The zero-order chi connectivity index (χ0) is 18.4. The number of halogens is 1. The maximum absolute atomic E-state index is 12.6. The minimum atomic E-state index is 0.129. The molecular formula is C22H21ClN2OS. The average molecular weight is 397 g/mol. The first-order valence-electron chi connectivity index (χ1n) is 9.42. The minimum absolute atomic E-state index is 0.129. The Balaban J connectivity index is 1.53. The maximum Gasteiger partial charge on any atom is 0.250 e. The molecule has 5 heteroatoms. The number of fused-ring (bicyclic) bond motifs is 4. The Labute approximate surface area is 167 Å². The molecule has 1 fully saturated rings. The van der Waals surface area contributed by atoms with Crippen molar-refractivity contribution in [2.45, 2.75) is 25.4 Å². The monoisotopic (exact) mass is 396 g/mol. The lowest BCUT2D eigenvalue weighted by Gasteiger charge is -2.43. The molecule has 2 aromatic heterocycles. The van der Waals surface area contributed by atoms with Gasteiger partial charge in [-0.2, -0.15) is 0 Å². The fourth-order valence-electron chi connectivity index (χ4n) is 4.74. The fraction of sp³-hybridized carbons (Fsp3) is 0.318. The number of pyridine rings is 1. The number of piperidine rings is 1. The second-order valence-corrected chi connectivity index (χ2v) is 9.13. The molecule has 0 aliphatic carbocycles. The van der Waals surface area contributed by atoms with Crippen LogP contribution in [0.4, 0.5) is 0 Å². The van der Waals surface area contributed by atoms with Crippen molar-refractivity contribution >= 4 is 22.9 Å². The largest absolute Gasteiger partial charge is 0.311 e. The number of nitrogens with zero attached hydrogens (tertiary/aromatic N) is 2. The SMILES string of the molecule is O=c1ccc(-c2ccc(Cl)cc2)c2n1C[C@H]1C[C@@H]2CN(Cc2cccs2)C1. The molecule has 0 amide bonds. The second kappa shape index (κ2) is 6.93. The van der Waals surface area contributed by atoms with Gasteiger partial charge in [0.25, 0.3) is 5.56 Å². The van der Waals surface area contributed by atoms with E-state index in [2.05, 4.69) is 34.5 Å². The van der Waals surface area contributed by atoms with Crippen molar-refractivity contribution in [3.63, 3.8) is 0 Å². The number of hydrogen-bond donors (Lipinski definition) is 0. The van der Waals surface area contributed by atoms with Gasteiger partial charge in [-0.3, -0.25) is 9.69 Å². The van der Waals surface area contributed by atoms with Crippen LogP contribution < -0.4 is 5.56 Å². The zero-order valence-corrected chi connectivity index (χ0v) is 16.5. The Morgan fingerprint density at radius 3 is 2.67 bits per heavy atom. The molecule has 27 heavy (non-hydrogen) atoms. The van der Waals surface area contributed by atoms with Gasteiger partial charge in [0.1, 0.15) is 0 Å². The molecule has 2 aliphatic heterocycles. The van der Waals surface area contributed by atoms with Crippen molar-refractivity contribution in [2.75, 3.05) is 13.1 Å². The first-order chi connectivity index (χ1) is 13.2. The fourth-order valence-corrected chi connectivity index (χ4v) is 5.61. The van der Waals surface area contributed by atoms with Gasteiger partial charge in [0.05, 0.1) is 0 Å². The summed E-state index contributed by atoms with van der Waals surface area (Å²) in [4.78, 5) is 16.6. The number of likely N-dealkylation sites (tertiary alicyclic amines) is 1. The molecule has 0 spiro atoms. The van der Waals surface area contributed by atoms with Crippen LogP contribution in [0.1, 0.15) is 22.9 Å². The summed E-state index contributed by atoms with van der Waals surface area (Å²) in [7, 11) is 0. The van der Waals surface area contributed by atoms with Gasteiger partial charge < -0.3 is 4.57 Å². The van der Waals surface area contributed by atoms with Gasteiger partial charge in [-0.15, -0.1) is 11.3 Å². The Hall–Kier alpha value is -1.88. The molecule has 138 valence electrons. The molecule has 1 aromatic carbocycles. The molecule has 1 saturated heterocycles. The highest BCUT2D eigenvalue weighted by molar-refractivity contribution is 7.09. The van der Waals surface area contributed by atoms with Crippen molar-refractivity contribution in [3.05, 3.63) is 79.9 Å². The minimum Gasteiger partial charge on any atom is -0.311 e. The third kappa shape index (κ3) is 3.27. The summed E-state index contributed by atoms with van der Waals surface area (Å²) < 4.78 is 2.03. The summed E-state index contributed by atoms with van der Waals surface area (Å²) in [5.41, 5.74) is 3.64. The highest BCUT2D eigenvalue weighted by Gasteiger charge is 2.36. The summed E-state index contributed by atoms with van der Waals surface area (Å²) in [5.74, 6) is 0.950. The third-order valence-electron chi connectivity index (χ3n) is 5.78. The number of rotatable bonds is 3. The molecule has 0 unspecified atom stereocenters. The van der Waals surface area contributed by atoms with Crippen LogP contribution in [0.25, 0.3) is 11.1 Å². The third-order valence-corrected chi connectivity index (χ3v) is 6.89. The number of thiophene rings is 1. The number of hydrogen-bond acceptors (Lipinski definition) is 3. The van der Waals surface area contributed by atoms with Gasteiger partial charge in [-0.1, -0.05) is 29.8 Å². The van der Waals surface area contributed by atoms with Crippen LogP contribution in [0.15, 0.2) is 58.7 Å². The second-order valence-electron chi connectivity index (χ2n) is 7.66. The van der Waals surface area contributed by atoms with Crippen LogP contribution in [0.3, 0.4) is 0 Å². The van der Waals surface area contributed by atoms with E-state index < -0.39 is 0 Å². The highest BCUT2D eigenvalue weighted by atomic mass is 35.5. The van der Waals surface area contributed by atoms with Crippen molar-refractivity contribution in [3.8, 4) is 11.1 Å². The van der Waals surface area contributed by atoms with E-state index in [1.807, 2.05) is 34.1 Å². The van der Waals surface area contributed by atoms with Crippen molar-refractivity contribution in [1.82, 2.24) is 9.47 Å². The van der Waals surface area contributed by atoms with Crippen LogP contribution >= 0.6 is 22.9 Å². The van der Waals surface area contributed by atoms with Gasteiger partial charge in [0.2, 0.25) is 0 Å². The zero-order valence-electron chi connectivity index (χ0n) is 15.0. The van der Waals surface area contributed by atoms with E-state index >= 15 is 0 Å². The molecular weight excluding hydrogens is 376 g/mol. The normalized spacial score (nSPS) is 21.8. The molecule has 0 radical (unpaired) electrons. The van der Waals surface area contributed by atoms with Crippen LogP contribution in [0.2, 0.25) is 5.02 Å². The molecule has 2 atom stereocenters. The lowest BCUT2D eigenvalue weighted by molar-refractivity contribution is 0.115. The lowest BCUT2D eigenvalue weighted by Crippen LogP contribution is -2.46. The summed E-state index contributed by atoms with van der Waals surface area (Å²) in [6.45, 7) is 3.93. The van der Waals surface area contributed by atoms with E-state index in [-0.39, 0.29) is 5.56 Å². The summed E-state index contributed by atoms with van der Waals surface area (Å²) in [6.07, 6.45) is 1.17. The van der Waals surface area contributed by atoms with Gasteiger partial charge in [-0.05, 0) is 47.5 Å². The Kier molecular flexibility index (Phi) is 4.43.